The van der Waals surface area contributed by atoms with Crippen LogP contribution in [0.15, 0.2) is 18.2 Å². The smallest absolute Gasteiger partial charge is 0.251 e. The van der Waals surface area contributed by atoms with Crippen LogP contribution in [0.2, 0.25) is 0 Å². The van der Waals surface area contributed by atoms with Crippen molar-refractivity contribution in [3.8, 4) is 5.75 Å². The van der Waals surface area contributed by atoms with E-state index in [4.69, 9.17) is 4.74 Å². The monoisotopic (exact) mass is 253 g/mol. The summed E-state index contributed by atoms with van der Waals surface area (Å²) >= 11 is 0. The number of aliphatic hydroxyl groups is 1. The number of rotatable bonds is 4. The van der Waals surface area contributed by atoms with E-state index in [-0.39, 0.29) is 17.9 Å². The predicted molar refractivity (Wildman–Crippen MR) is 64.1 cm³/mol. The Bertz CT molecular complexity index is 458. The largest absolute Gasteiger partial charge is 0.494 e. The van der Waals surface area contributed by atoms with Crippen molar-refractivity contribution in [3.63, 3.8) is 0 Å². The third-order valence-corrected chi connectivity index (χ3v) is 3.28. The molecule has 0 heterocycles. The second-order valence-electron chi connectivity index (χ2n) is 4.61. The zero-order valence-electron chi connectivity index (χ0n) is 10.2. The van der Waals surface area contributed by atoms with Gasteiger partial charge in [0, 0.05) is 12.1 Å². The van der Waals surface area contributed by atoms with E-state index in [1.807, 2.05) is 0 Å². The first-order chi connectivity index (χ1) is 8.54. The fourth-order valence-electron chi connectivity index (χ4n) is 1.92. The van der Waals surface area contributed by atoms with Gasteiger partial charge in [0.15, 0.2) is 11.6 Å². The summed E-state index contributed by atoms with van der Waals surface area (Å²) in [6, 6.07) is 4.02. The van der Waals surface area contributed by atoms with E-state index in [0.717, 1.165) is 12.5 Å². The Balaban J connectivity index is 1.98. The topological polar surface area (TPSA) is 58.6 Å². The Hall–Kier alpha value is -1.62. The molecule has 1 saturated carbocycles. The van der Waals surface area contributed by atoms with E-state index in [1.165, 1.54) is 19.2 Å². The van der Waals surface area contributed by atoms with Gasteiger partial charge in [-0.05, 0) is 37.5 Å². The van der Waals surface area contributed by atoms with Crippen LogP contribution >= 0.6 is 0 Å². The minimum Gasteiger partial charge on any atom is -0.494 e. The summed E-state index contributed by atoms with van der Waals surface area (Å²) in [7, 11) is 1.37. The number of carbonyl (C=O) groups excluding carboxylic acids is 1. The van der Waals surface area contributed by atoms with Gasteiger partial charge in [-0.15, -0.1) is 0 Å². The average molecular weight is 253 g/mol. The standard InChI is InChI=1S/C13H16FNO3/c1-18-11-4-3-9(7-10(11)14)12(16)15-8-13(17)5-2-6-13/h3-4,7,17H,2,5-6,8H2,1H3,(H,15,16). The zero-order chi connectivity index (χ0) is 13.2. The molecule has 0 aromatic heterocycles. The van der Waals surface area contributed by atoms with Gasteiger partial charge in [-0.25, -0.2) is 4.39 Å². The van der Waals surface area contributed by atoms with E-state index >= 15 is 0 Å². The van der Waals surface area contributed by atoms with E-state index in [1.54, 1.807) is 0 Å². The van der Waals surface area contributed by atoms with Crippen molar-refractivity contribution < 1.29 is 19.0 Å². The van der Waals surface area contributed by atoms with Gasteiger partial charge in [0.25, 0.3) is 5.91 Å². The Morgan fingerprint density at radius 2 is 2.28 bits per heavy atom. The Labute approximate surface area is 105 Å². The van der Waals surface area contributed by atoms with Crippen LogP contribution in [0, 0.1) is 5.82 Å². The molecule has 98 valence electrons. The zero-order valence-corrected chi connectivity index (χ0v) is 10.2. The molecule has 0 bridgehead atoms. The molecule has 0 unspecified atom stereocenters. The number of amides is 1. The maximum atomic E-state index is 13.4. The molecule has 1 aromatic rings. The molecule has 5 heteroatoms. The van der Waals surface area contributed by atoms with Gasteiger partial charge in [-0.1, -0.05) is 0 Å². The highest BCUT2D eigenvalue weighted by Crippen LogP contribution is 2.30. The summed E-state index contributed by atoms with van der Waals surface area (Å²) in [5.74, 6) is -0.867. The maximum absolute atomic E-state index is 13.4. The van der Waals surface area contributed by atoms with Crippen LogP contribution in [-0.4, -0.2) is 30.3 Å². The molecule has 0 radical (unpaired) electrons. The Kier molecular flexibility index (Phi) is 3.52. The molecule has 2 N–H and O–H groups in total. The van der Waals surface area contributed by atoms with Gasteiger partial charge >= 0.3 is 0 Å². The van der Waals surface area contributed by atoms with Gasteiger partial charge in [-0.2, -0.15) is 0 Å². The van der Waals surface area contributed by atoms with Gasteiger partial charge in [0.2, 0.25) is 0 Å². The summed E-state index contributed by atoms with van der Waals surface area (Å²) in [6.07, 6.45) is 2.37. The van der Waals surface area contributed by atoms with Crippen molar-refractivity contribution in [2.75, 3.05) is 13.7 Å². The number of halogens is 1. The number of nitrogens with one attached hydrogen (secondary N) is 1. The minimum absolute atomic E-state index is 0.101. The Morgan fingerprint density at radius 3 is 2.78 bits per heavy atom. The van der Waals surface area contributed by atoms with E-state index < -0.39 is 17.3 Å². The van der Waals surface area contributed by atoms with Crippen LogP contribution in [0.1, 0.15) is 29.6 Å². The van der Waals surface area contributed by atoms with Crippen molar-refractivity contribution in [1.82, 2.24) is 5.32 Å². The predicted octanol–water partition coefficient (Wildman–Crippen LogP) is 1.48. The van der Waals surface area contributed by atoms with Gasteiger partial charge in [0.05, 0.1) is 12.7 Å². The van der Waals surface area contributed by atoms with Crippen LogP contribution in [-0.2, 0) is 0 Å². The lowest BCUT2D eigenvalue weighted by Crippen LogP contribution is -2.47. The molecule has 1 aliphatic rings. The van der Waals surface area contributed by atoms with E-state index in [9.17, 15) is 14.3 Å². The summed E-state index contributed by atoms with van der Waals surface area (Å²) < 4.78 is 18.2. The molecule has 0 spiro atoms. The maximum Gasteiger partial charge on any atom is 0.251 e. The molecule has 1 aliphatic carbocycles. The molecular weight excluding hydrogens is 237 g/mol. The minimum atomic E-state index is -0.777. The molecule has 0 aliphatic heterocycles. The highest BCUT2D eigenvalue weighted by molar-refractivity contribution is 5.94. The first kappa shape index (κ1) is 12.8. The average Bonchev–Trinajstić information content (AvgIpc) is 2.33. The lowest BCUT2D eigenvalue weighted by molar-refractivity contribution is -0.0300. The molecule has 18 heavy (non-hydrogen) atoms. The number of ether oxygens (including phenoxy) is 1. The highest BCUT2D eigenvalue weighted by atomic mass is 19.1. The molecule has 4 nitrogen and oxygen atoms in total. The van der Waals surface area contributed by atoms with Gasteiger partial charge in [0.1, 0.15) is 0 Å². The molecule has 1 fully saturated rings. The summed E-state index contributed by atoms with van der Waals surface area (Å²) in [6.45, 7) is 0.208. The van der Waals surface area contributed by atoms with Gasteiger partial charge in [-0.3, -0.25) is 4.79 Å². The van der Waals surface area contributed by atoms with Gasteiger partial charge < -0.3 is 15.2 Å². The number of benzene rings is 1. The number of hydrogen-bond donors (Lipinski definition) is 2. The fraction of sp³-hybridized carbons (Fsp3) is 0.462. The number of carbonyl (C=O) groups is 1. The third-order valence-electron chi connectivity index (χ3n) is 3.28. The van der Waals surface area contributed by atoms with Crippen molar-refractivity contribution in [3.05, 3.63) is 29.6 Å². The quantitative estimate of drug-likeness (QED) is 0.854. The first-order valence-corrected chi connectivity index (χ1v) is 5.88. The number of hydrogen-bond acceptors (Lipinski definition) is 3. The summed E-state index contributed by atoms with van der Waals surface area (Å²) in [4.78, 5) is 11.8. The van der Waals surface area contributed by atoms with Crippen molar-refractivity contribution in [2.45, 2.75) is 24.9 Å². The second kappa shape index (κ2) is 4.94. The molecular formula is C13H16FNO3. The summed E-state index contributed by atoms with van der Waals surface area (Å²) in [5.41, 5.74) is -0.558. The van der Waals surface area contributed by atoms with Crippen molar-refractivity contribution in [1.29, 1.82) is 0 Å². The normalized spacial score (nSPS) is 16.8. The van der Waals surface area contributed by atoms with Crippen LogP contribution in [0.4, 0.5) is 4.39 Å². The molecule has 1 amide bonds. The van der Waals surface area contributed by atoms with Crippen LogP contribution in [0.25, 0.3) is 0 Å². The third kappa shape index (κ3) is 2.61. The fourth-order valence-corrected chi connectivity index (χ4v) is 1.92. The highest BCUT2D eigenvalue weighted by Gasteiger charge is 2.34. The van der Waals surface area contributed by atoms with E-state index in [2.05, 4.69) is 5.32 Å². The van der Waals surface area contributed by atoms with Crippen LogP contribution in [0.5, 0.6) is 5.75 Å². The number of methoxy groups -OCH3 is 1. The molecule has 0 saturated heterocycles. The SMILES string of the molecule is COc1ccc(C(=O)NCC2(O)CCC2)cc1F. The molecule has 1 aromatic carbocycles. The molecule has 2 rings (SSSR count). The molecule has 0 atom stereocenters. The lowest BCUT2D eigenvalue weighted by atomic mass is 9.80. The van der Waals surface area contributed by atoms with Crippen molar-refractivity contribution in [2.24, 2.45) is 0 Å². The van der Waals surface area contributed by atoms with Crippen molar-refractivity contribution >= 4 is 5.91 Å². The Morgan fingerprint density at radius 1 is 1.56 bits per heavy atom. The second-order valence-corrected chi connectivity index (χ2v) is 4.61. The summed E-state index contributed by atoms with van der Waals surface area (Å²) in [5, 5.41) is 12.4. The van der Waals surface area contributed by atoms with E-state index in [0.29, 0.717) is 12.8 Å². The van der Waals surface area contributed by atoms with Crippen LogP contribution < -0.4 is 10.1 Å². The first-order valence-electron chi connectivity index (χ1n) is 5.88. The lowest BCUT2D eigenvalue weighted by Gasteiger charge is -2.36. The van der Waals surface area contributed by atoms with Crippen LogP contribution in [0.3, 0.4) is 0 Å².